The van der Waals surface area contributed by atoms with Crippen molar-refractivity contribution in [3.8, 4) is 0 Å². The van der Waals surface area contributed by atoms with Gasteiger partial charge in [-0.1, -0.05) is 13.8 Å². The van der Waals surface area contributed by atoms with Crippen molar-refractivity contribution in [3.05, 3.63) is 17.8 Å². The average molecular weight is 236 g/mol. The summed E-state index contributed by atoms with van der Waals surface area (Å²) in [6.45, 7) is 6.02. The fraction of sp³-hybridized carbons (Fsp3) is 0.500. The molecular weight excluding hydrogens is 216 g/mol. The highest BCUT2D eigenvalue weighted by Crippen LogP contribution is 2.18. The maximum Gasteiger partial charge on any atom is 0.250 e. The minimum Gasteiger partial charge on any atom is -0.397 e. The minimum absolute atomic E-state index is 0.328. The predicted molar refractivity (Wildman–Crippen MR) is 70.0 cm³/mol. The molecule has 1 aromatic rings. The topological polar surface area (TPSA) is 85.2 Å². The molecule has 0 saturated carbocycles. The van der Waals surface area contributed by atoms with Crippen molar-refractivity contribution in [2.45, 2.75) is 26.7 Å². The van der Waals surface area contributed by atoms with Gasteiger partial charge >= 0.3 is 0 Å². The zero-order chi connectivity index (χ0) is 12.8. The van der Waals surface area contributed by atoms with Crippen LogP contribution in [0, 0.1) is 0 Å². The lowest BCUT2D eigenvalue weighted by Crippen LogP contribution is -2.26. The second-order valence-corrected chi connectivity index (χ2v) is 3.98. The zero-order valence-electron chi connectivity index (χ0n) is 10.4. The second kappa shape index (κ2) is 6.08. The van der Waals surface area contributed by atoms with Gasteiger partial charge in [-0.3, -0.25) is 4.79 Å². The molecule has 0 bridgehead atoms. The highest BCUT2D eigenvalue weighted by atomic mass is 16.1. The van der Waals surface area contributed by atoms with Crippen molar-refractivity contribution in [2.75, 3.05) is 23.7 Å². The van der Waals surface area contributed by atoms with Gasteiger partial charge in [0.05, 0.1) is 17.4 Å². The molecule has 0 aliphatic rings. The van der Waals surface area contributed by atoms with Crippen LogP contribution in [0.4, 0.5) is 11.5 Å². The van der Waals surface area contributed by atoms with Crippen molar-refractivity contribution in [3.63, 3.8) is 0 Å². The van der Waals surface area contributed by atoms with E-state index in [9.17, 15) is 4.79 Å². The van der Waals surface area contributed by atoms with E-state index in [0.29, 0.717) is 11.3 Å². The Morgan fingerprint density at radius 3 is 2.41 bits per heavy atom. The SMILES string of the molecule is CCCN(CCC)c1cc(C(N)=O)c(N)cn1. The first-order valence-corrected chi connectivity index (χ1v) is 5.90. The summed E-state index contributed by atoms with van der Waals surface area (Å²) < 4.78 is 0. The fourth-order valence-corrected chi connectivity index (χ4v) is 1.72. The molecule has 0 aliphatic carbocycles. The van der Waals surface area contributed by atoms with E-state index in [4.69, 9.17) is 11.5 Å². The van der Waals surface area contributed by atoms with Crippen LogP contribution in [0.15, 0.2) is 12.3 Å². The van der Waals surface area contributed by atoms with Gasteiger partial charge in [0.1, 0.15) is 5.82 Å². The summed E-state index contributed by atoms with van der Waals surface area (Å²) >= 11 is 0. The number of aromatic nitrogens is 1. The van der Waals surface area contributed by atoms with Crippen LogP contribution >= 0.6 is 0 Å². The van der Waals surface area contributed by atoms with Gasteiger partial charge in [0.25, 0.3) is 5.91 Å². The van der Waals surface area contributed by atoms with Crippen molar-refractivity contribution in [2.24, 2.45) is 5.73 Å². The van der Waals surface area contributed by atoms with E-state index in [2.05, 4.69) is 23.7 Å². The Kier molecular flexibility index (Phi) is 4.75. The fourth-order valence-electron chi connectivity index (χ4n) is 1.72. The number of nitrogen functional groups attached to an aromatic ring is 1. The molecule has 5 nitrogen and oxygen atoms in total. The number of nitrogens with zero attached hydrogens (tertiary/aromatic N) is 2. The molecule has 0 spiro atoms. The molecule has 0 saturated heterocycles. The number of pyridine rings is 1. The van der Waals surface area contributed by atoms with Gasteiger partial charge in [-0.05, 0) is 18.9 Å². The van der Waals surface area contributed by atoms with E-state index in [1.54, 1.807) is 6.07 Å². The Morgan fingerprint density at radius 1 is 1.35 bits per heavy atom. The van der Waals surface area contributed by atoms with E-state index in [1.165, 1.54) is 6.20 Å². The highest BCUT2D eigenvalue weighted by molar-refractivity contribution is 5.98. The molecule has 5 heteroatoms. The molecule has 1 heterocycles. The number of rotatable bonds is 6. The van der Waals surface area contributed by atoms with Crippen LogP contribution in [-0.2, 0) is 0 Å². The van der Waals surface area contributed by atoms with E-state index in [1.807, 2.05) is 0 Å². The van der Waals surface area contributed by atoms with Gasteiger partial charge in [0, 0.05) is 13.1 Å². The van der Waals surface area contributed by atoms with E-state index < -0.39 is 5.91 Å². The lowest BCUT2D eigenvalue weighted by molar-refractivity contribution is 0.100. The first kappa shape index (κ1) is 13.3. The maximum atomic E-state index is 11.2. The van der Waals surface area contributed by atoms with Crippen LogP contribution in [0.3, 0.4) is 0 Å². The molecule has 0 fully saturated rings. The van der Waals surface area contributed by atoms with Crippen LogP contribution in [0.5, 0.6) is 0 Å². The number of amides is 1. The number of anilines is 2. The molecule has 0 radical (unpaired) electrons. The largest absolute Gasteiger partial charge is 0.397 e. The van der Waals surface area contributed by atoms with Gasteiger partial charge in [-0.15, -0.1) is 0 Å². The Hall–Kier alpha value is -1.78. The molecule has 17 heavy (non-hydrogen) atoms. The van der Waals surface area contributed by atoms with Crippen molar-refractivity contribution >= 4 is 17.4 Å². The molecule has 94 valence electrons. The molecule has 4 N–H and O–H groups in total. The summed E-state index contributed by atoms with van der Waals surface area (Å²) in [7, 11) is 0. The monoisotopic (exact) mass is 236 g/mol. The van der Waals surface area contributed by atoms with Gasteiger partial charge in [-0.2, -0.15) is 0 Å². The van der Waals surface area contributed by atoms with Crippen molar-refractivity contribution in [1.29, 1.82) is 0 Å². The molecule has 1 amide bonds. The Morgan fingerprint density at radius 2 is 1.94 bits per heavy atom. The van der Waals surface area contributed by atoms with Gasteiger partial charge in [0.15, 0.2) is 0 Å². The van der Waals surface area contributed by atoms with Gasteiger partial charge in [0.2, 0.25) is 0 Å². The minimum atomic E-state index is -0.515. The lowest BCUT2D eigenvalue weighted by Gasteiger charge is -2.23. The zero-order valence-corrected chi connectivity index (χ0v) is 10.4. The van der Waals surface area contributed by atoms with Gasteiger partial charge in [-0.25, -0.2) is 4.98 Å². The number of hydrogen-bond donors (Lipinski definition) is 2. The summed E-state index contributed by atoms with van der Waals surface area (Å²) in [5.74, 6) is 0.246. The quantitative estimate of drug-likeness (QED) is 0.781. The van der Waals surface area contributed by atoms with E-state index in [-0.39, 0.29) is 0 Å². The summed E-state index contributed by atoms with van der Waals surface area (Å²) in [4.78, 5) is 17.6. The molecular formula is C12H20N4O. The lowest BCUT2D eigenvalue weighted by atomic mass is 10.2. The van der Waals surface area contributed by atoms with Crippen LogP contribution in [0.2, 0.25) is 0 Å². The highest BCUT2D eigenvalue weighted by Gasteiger charge is 2.11. The Balaban J connectivity index is 3.03. The third-order valence-electron chi connectivity index (χ3n) is 2.50. The Labute approximate surface area is 102 Å². The molecule has 1 rings (SSSR count). The summed E-state index contributed by atoms with van der Waals surface area (Å²) in [6.07, 6.45) is 3.55. The number of hydrogen-bond acceptors (Lipinski definition) is 4. The summed E-state index contributed by atoms with van der Waals surface area (Å²) in [5, 5.41) is 0. The predicted octanol–water partition coefficient (Wildman–Crippen LogP) is 1.39. The number of nitrogens with two attached hydrogens (primary N) is 2. The second-order valence-electron chi connectivity index (χ2n) is 3.98. The third-order valence-corrected chi connectivity index (χ3v) is 2.50. The van der Waals surface area contributed by atoms with Crippen molar-refractivity contribution in [1.82, 2.24) is 4.98 Å². The van der Waals surface area contributed by atoms with Gasteiger partial charge < -0.3 is 16.4 Å². The van der Waals surface area contributed by atoms with E-state index >= 15 is 0 Å². The standard InChI is InChI=1S/C12H20N4O/c1-3-5-16(6-4-2)11-7-9(12(14)17)10(13)8-15-11/h7-8H,3-6,13H2,1-2H3,(H2,14,17). The average Bonchev–Trinajstić information content (AvgIpc) is 2.29. The normalized spacial score (nSPS) is 10.2. The number of primary amides is 1. The van der Waals surface area contributed by atoms with Crippen LogP contribution in [0.25, 0.3) is 0 Å². The van der Waals surface area contributed by atoms with Crippen molar-refractivity contribution < 1.29 is 4.79 Å². The van der Waals surface area contributed by atoms with Crippen LogP contribution in [0.1, 0.15) is 37.0 Å². The maximum absolute atomic E-state index is 11.2. The third kappa shape index (κ3) is 3.34. The van der Waals surface area contributed by atoms with Crippen LogP contribution < -0.4 is 16.4 Å². The van der Waals surface area contributed by atoms with E-state index in [0.717, 1.165) is 31.7 Å². The number of carbonyl (C=O) groups is 1. The van der Waals surface area contributed by atoms with Crippen LogP contribution in [-0.4, -0.2) is 24.0 Å². The molecule has 0 unspecified atom stereocenters. The Bertz CT molecular complexity index is 386. The summed E-state index contributed by atoms with van der Waals surface area (Å²) in [6, 6.07) is 1.67. The number of carbonyl (C=O) groups excluding carboxylic acids is 1. The molecule has 1 aromatic heterocycles. The molecule has 0 aromatic carbocycles. The molecule has 0 atom stereocenters. The first-order valence-electron chi connectivity index (χ1n) is 5.90. The smallest absolute Gasteiger partial charge is 0.250 e. The first-order chi connectivity index (χ1) is 8.10. The molecule has 0 aliphatic heterocycles. The summed E-state index contributed by atoms with van der Waals surface area (Å²) in [5.41, 5.74) is 11.6.